The Labute approximate surface area is 138 Å². The van der Waals surface area contributed by atoms with Gasteiger partial charge in [-0.05, 0) is 24.4 Å². The summed E-state index contributed by atoms with van der Waals surface area (Å²) in [7, 11) is 2.11. The van der Waals surface area contributed by atoms with Gasteiger partial charge in [-0.3, -0.25) is 4.90 Å². The molecule has 0 radical (unpaired) electrons. The van der Waals surface area contributed by atoms with Gasteiger partial charge in [-0.25, -0.2) is 9.97 Å². The first-order valence-electron chi connectivity index (χ1n) is 8.20. The van der Waals surface area contributed by atoms with Crippen LogP contribution in [0.4, 0.5) is 11.6 Å². The van der Waals surface area contributed by atoms with Crippen LogP contribution in [0.15, 0.2) is 42.7 Å². The lowest BCUT2D eigenvalue weighted by Gasteiger charge is -2.42. The number of likely N-dealkylation sites (N-methyl/N-ethyl adjacent to an activating group) is 1. The van der Waals surface area contributed by atoms with E-state index in [2.05, 4.69) is 64.1 Å². The Balaban J connectivity index is 1.70. The standard InChI is InChI=1S/C18H25N5/c1-14-8-9-23(11-15-6-4-3-5-7-15)12-16(14)22(2)18-10-17(19)20-13-21-18/h3-7,10,13-14,16H,8-9,11-12H2,1-2H3,(H2,19,20,21)/t14-,16+/m1/s1. The molecule has 0 unspecified atom stereocenters. The Kier molecular flexibility index (Phi) is 4.76. The van der Waals surface area contributed by atoms with Crippen molar-refractivity contribution >= 4 is 11.6 Å². The maximum absolute atomic E-state index is 5.80. The number of hydrogen-bond donors (Lipinski definition) is 1. The molecule has 0 bridgehead atoms. The highest BCUT2D eigenvalue weighted by atomic mass is 15.3. The number of likely N-dealkylation sites (tertiary alicyclic amines) is 1. The molecule has 122 valence electrons. The summed E-state index contributed by atoms with van der Waals surface area (Å²) in [6.45, 7) is 5.51. The van der Waals surface area contributed by atoms with Gasteiger partial charge in [0.2, 0.25) is 0 Å². The van der Waals surface area contributed by atoms with E-state index in [9.17, 15) is 0 Å². The second-order valence-corrected chi connectivity index (χ2v) is 6.47. The van der Waals surface area contributed by atoms with Gasteiger partial charge in [0.05, 0.1) is 0 Å². The van der Waals surface area contributed by atoms with Gasteiger partial charge in [-0.15, -0.1) is 0 Å². The van der Waals surface area contributed by atoms with Gasteiger partial charge in [0, 0.05) is 32.2 Å². The molecule has 5 nitrogen and oxygen atoms in total. The molecule has 1 saturated heterocycles. The minimum atomic E-state index is 0.432. The van der Waals surface area contributed by atoms with Gasteiger partial charge in [0.15, 0.2) is 0 Å². The van der Waals surface area contributed by atoms with E-state index in [0.29, 0.717) is 17.8 Å². The topological polar surface area (TPSA) is 58.3 Å². The van der Waals surface area contributed by atoms with Crippen molar-refractivity contribution in [1.29, 1.82) is 0 Å². The Morgan fingerprint density at radius 1 is 1.26 bits per heavy atom. The quantitative estimate of drug-likeness (QED) is 0.939. The highest BCUT2D eigenvalue weighted by Gasteiger charge is 2.30. The smallest absolute Gasteiger partial charge is 0.134 e. The van der Waals surface area contributed by atoms with E-state index in [4.69, 9.17) is 5.73 Å². The van der Waals surface area contributed by atoms with Crippen molar-refractivity contribution in [3.63, 3.8) is 0 Å². The summed E-state index contributed by atoms with van der Waals surface area (Å²) in [6, 6.07) is 13.0. The number of rotatable bonds is 4. The van der Waals surface area contributed by atoms with Gasteiger partial charge >= 0.3 is 0 Å². The molecule has 23 heavy (non-hydrogen) atoms. The molecule has 2 N–H and O–H groups in total. The first kappa shape index (κ1) is 15.7. The third-order valence-corrected chi connectivity index (χ3v) is 4.78. The highest BCUT2D eigenvalue weighted by molar-refractivity contribution is 5.46. The van der Waals surface area contributed by atoms with E-state index in [1.54, 1.807) is 0 Å². The molecule has 0 aliphatic carbocycles. The number of nitrogens with two attached hydrogens (primary N) is 1. The summed E-state index contributed by atoms with van der Waals surface area (Å²) >= 11 is 0. The molecule has 1 aromatic carbocycles. The highest BCUT2D eigenvalue weighted by Crippen LogP contribution is 2.25. The lowest BCUT2D eigenvalue weighted by Crippen LogP contribution is -2.50. The predicted octanol–water partition coefficient (Wildman–Crippen LogP) is 2.41. The Morgan fingerprint density at radius 3 is 2.78 bits per heavy atom. The van der Waals surface area contributed by atoms with Crippen LogP contribution in [0.1, 0.15) is 18.9 Å². The van der Waals surface area contributed by atoms with Crippen LogP contribution in [0.2, 0.25) is 0 Å². The van der Waals surface area contributed by atoms with Gasteiger partial charge in [0.1, 0.15) is 18.0 Å². The molecule has 0 amide bonds. The third-order valence-electron chi connectivity index (χ3n) is 4.78. The van der Waals surface area contributed by atoms with Crippen molar-refractivity contribution in [2.24, 2.45) is 5.92 Å². The zero-order valence-electron chi connectivity index (χ0n) is 13.9. The van der Waals surface area contributed by atoms with Crippen LogP contribution in [0.3, 0.4) is 0 Å². The number of piperidine rings is 1. The Morgan fingerprint density at radius 2 is 2.04 bits per heavy atom. The van der Waals surface area contributed by atoms with Crippen LogP contribution in [0.5, 0.6) is 0 Å². The number of anilines is 2. The lowest BCUT2D eigenvalue weighted by molar-refractivity contribution is 0.159. The van der Waals surface area contributed by atoms with Gasteiger partial charge in [0.25, 0.3) is 0 Å². The van der Waals surface area contributed by atoms with E-state index in [1.807, 2.05) is 6.07 Å². The zero-order chi connectivity index (χ0) is 16.2. The molecule has 3 rings (SSSR count). The second kappa shape index (κ2) is 6.96. The van der Waals surface area contributed by atoms with Crippen LogP contribution in [0, 0.1) is 5.92 Å². The van der Waals surface area contributed by atoms with Crippen molar-refractivity contribution in [3.8, 4) is 0 Å². The number of nitrogen functional groups attached to an aromatic ring is 1. The predicted molar refractivity (Wildman–Crippen MR) is 94.1 cm³/mol. The van der Waals surface area contributed by atoms with Crippen LogP contribution in [-0.4, -0.2) is 41.0 Å². The van der Waals surface area contributed by atoms with Crippen molar-refractivity contribution in [2.45, 2.75) is 25.9 Å². The van der Waals surface area contributed by atoms with Crippen LogP contribution >= 0.6 is 0 Å². The summed E-state index contributed by atoms with van der Waals surface area (Å²) in [5, 5.41) is 0. The fourth-order valence-corrected chi connectivity index (χ4v) is 3.33. The molecule has 0 spiro atoms. The monoisotopic (exact) mass is 311 g/mol. The van der Waals surface area contributed by atoms with E-state index in [0.717, 1.165) is 25.5 Å². The summed E-state index contributed by atoms with van der Waals surface area (Å²) in [5.74, 6) is 2.05. The van der Waals surface area contributed by atoms with Crippen molar-refractivity contribution in [1.82, 2.24) is 14.9 Å². The van der Waals surface area contributed by atoms with E-state index in [1.165, 1.54) is 18.3 Å². The normalized spacial score (nSPS) is 22.0. The summed E-state index contributed by atoms with van der Waals surface area (Å²) < 4.78 is 0. The molecule has 2 heterocycles. The SMILES string of the molecule is C[C@@H]1CCN(Cc2ccccc2)C[C@@H]1N(C)c1cc(N)ncn1. The van der Waals surface area contributed by atoms with Crippen molar-refractivity contribution in [2.75, 3.05) is 30.8 Å². The number of hydrogen-bond acceptors (Lipinski definition) is 5. The summed E-state index contributed by atoms with van der Waals surface area (Å²) in [6.07, 6.45) is 2.73. The maximum atomic E-state index is 5.80. The molecular weight excluding hydrogens is 286 g/mol. The lowest BCUT2D eigenvalue weighted by atomic mass is 9.92. The van der Waals surface area contributed by atoms with Gasteiger partial charge in [-0.1, -0.05) is 37.3 Å². The van der Waals surface area contributed by atoms with Crippen molar-refractivity contribution < 1.29 is 0 Å². The molecule has 1 aliphatic rings. The van der Waals surface area contributed by atoms with Crippen LogP contribution < -0.4 is 10.6 Å². The Bertz CT molecular complexity index is 630. The largest absolute Gasteiger partial charge is 0.384 e. The van der Waals surface area contributed by atoms with Gasteiger partial charge < -0.3 is 10.6 Å². The third kappa shape index (κ3) is 3.79. The molecule has 1 fully saturated rings. The number of benzene rings is 1. The number of aromatic nitrogens is 2. The Hall–Kier alpha value is -2.14. The average Bonchev–Trinajstić information content (AvgIpc) is 2.57. The first-order valence-corrected chi connectivity index (χ1v) is 8.20. The molecule has 5 heteroatoms. The van der Waals surface area contributed by atoms with Crippen LogP contribution in [0.25, 0.3) is 0 Å². The molecule has 1 aromatic heterocycles. The zero-order valence-corrected chi connectivity index (χ0v) is 13.9. The minimum absolute atomic E-state index is 0.432. The summed E-state index contributed by atoms with van der Waals surface area (Å²) in [5.41, 5.74) is 7.17. The molecule has 2 atom stereocenters. The fourth-order valence-electron chi connectivity index (χ4n) is 3.33. The average molecular weight is 311 g/mol. The van der Waals surface area contributed by atoms with Crippen LogP contribution in [-0.2, 0) is 6.54 Å². The van der Waals surface area contributed by atoms with E-state index >= 15 is 0 Å². The summed E-state index contributed by atoms with van der Waals surface area (Å²) in [4.78, 5) is 13.1. The van der Waals surface area contributed by atoms with E-state index in [-0.39, 0.29) is 0 Å². The second-order valence-electron chi connectivity index (χ2n) is 6.47. The minimum Gasteiger partial charge on any atom is -0.384 e. The maximum Gasteiger partial charge on any atom is 0.134 e. The molecule has 2 aromatic rings. The molecule has 0 saturated carbocycles. The molecule has 1 aliphatic heterocycles. The number of nitrogens with zero attached hydrogens (tertiary/aromatic N) is 4. The van der Waals surface area contributed by atoms with E-state index < -0.39 is 0 Å². The van der Waals surface area contributed by atoms with Gasteiger partial charge in [-0.2, -0.15) is 0 Å². The molecular formula is C18H25N5. The van der Waals surface area contributed by atoms with Crippen molar-refractivity contribution in [3.05, 3.63) is 48.3 Å². The fraction of sp³-hybridized carbons (Fsp3) is 0.444. The first-order chi connectivity index (χ1) is 11.1.